The van der Waals surface area contributed by atoms with E-state index in [0.717, 1.165) is 18.5 Å². The van der Waals surface area contributed by atoms with E-state index in [-0.39, 0.29) is 10.4 Å². The Hall–Kier alpha value is -0.700. The number of aromatic nitrogens is 2. The Bertz CT molecular complexity index is 334. The number of aromatic amines is 1. The molecular weight excluding hydrogens is 164 g/mol. The SMILES string of the molecule is Cn1[nH]c(C2(Cl)CC2)cc1=O. The van der Waals surface area contributed by atoms with Crippen LogP contribution in [0.3, 0.4) is 0 Å². The van der Waals surface area contributed by atoms with Gasteiger partial charge in [-0.3, -0.25) is 14.6 Å². The highest BCUT2D eigenvalue weighted by Crippen LogP contribution is 2.50. The first kappa shape index (κ1) is 6.98. The Morgan fingerprint density at radius 1 is 1.73 bits per heavy atom. The van der Waals surface area contributed by atoms with Crippen LogP contribution in [0.5, 0.6) is 0 Å². The molecule has 0 bridgehead atoms. The smallest absolute Gasteiger partial charge is 0.266 e. The van der Waals surface area contributed by atoms with Crippen LogP contribution in [0, 0.1) is 0 Å². The van der Waals surface area contributed by atoms with Gasteiger partial charge in [0.15, 0.2) is 0 Å². The normalized spacial score (nSPS) is 20.2. The topological polar surface area (TPSA) is 37.8 Å². The highest BCUT2D eigenvalue weighted by molar-refractivity contribution is 6.25. The predicted molar refractivity (Wildman–Crippen MR) is 42.8 cm³/mol. The molecule has 0 amide bonds. The largest absolute Gasteiger partial charge is 0.298 e. The minimum atomic E-state index is -0.250. The van der Waals surface area contributed by atoms with Crippen LogP contribution in [0.25, 0.3) is 0 Å². The number of alkyl halides is 1. The molecule has 11 heavy (non-hydrogen) atoms. The van der Waals surface area contributed by atoms with Gasteiger partial charge in [-0.05, 0) is 12.8 Å². The number of rotatable bonds is 1. The van der Waals surface area contributed by atoms with Gasteiger partial charge in [0.2, 0.25) is 0 Å². The lowest BCUT2D eigenvalue weighted by atomic mass is 10.3. The minimum absolute atomic E-state index is 0.0214. The third kappa shape index (κ3) is 0.997. The van der Waals surface area contributed by atoms with E-state index in [2.05, 4.69) is 5.10 Å². The molecule has 1 aliphatic rings. The predicted octanol–water partition coefficient (Wildman–Crippen LogP) is 0.941. The number of H-pyrrole nitrogens is 1. The second kappa shape index (κ2) is 1.91. The lowest BCUT2D eigenvalue weighted by molar-refractivity contribution is 0.713. The van der Waals surface area contributed by atoms with E-state index < -0.39 is 0 Å². The van der Waals surface area contributed by atoms with Crippen LogP contribution in [0.1, 0.15) is 18.5 Å². The molecule has 0 aromatic carbocycles. The fourth-order valence-corrected chi connectivity index (χ4v) is 1.29. The first-order chi connectivity index (χ1) is 5.12. The number of nitrogens with zero attached hydrogens (tertiary/aromatic N) is 1. The maximum Gasteiger partial charge on any atom is 0.266 e. The minimum Gasteiger partial charge on any atom is -0.298 e. The molecule has 0 saturated heterocycles. The van der Waals surface area contributed by atoms with Crippen molar-refractivity contribution in [2.24, 2.45) is 7.05 Å². The lowest BCUT2D eigenvalue weighted by Gasteiger charge is -1.99. The van der Waals surface area contributed by atoms with Gasteiger partial charge in [0, 0.05) is 13.1 Å². The van der Waals surface area contributed by atoms with Gasteiger partial charge in [0.25, 0.3) is 5.56 Å². The Labute approximate surface area is 69.0 Å². The second-order valence-corrected chi connectivity index (χ2v) is 3.76. The van der Waals surface area contributed by atoms with Gasteiger partial charge in [-0.25, -0.2) is 0 Å². The third-order valence-corrected chi connectivity index (χ3v) is 2.64. The molecule has 1 N–H and O–H groups in total. The van der Waals surface area contributed by atoms with Gasteiger partial charge in [-0.2, -0.15) is 0 Å². The van der Waals surface area contributed by atoms with Crippen molar-refractivity contribution in [3.05, 3.63) is 22.1 Å². The third-order valence-electron chi connectivity index (χ3n) is 2.06. The fraction of sp³-hybridized carbons (Fsp3) is 0.571. The summed E-state index contributed by atoms with van der Waals surface area (Å²) in [5, 5.41) is 2.92. The van der Waals surface area contributed by atoms with Gasteiger partial charge in [0.1, 0.15) is 0 Å². The average molecular weight is 173 g/mol. The van der Waals surface area contributed by atoms with Crippen molar-refractivity contribution in [1.82, 2.24) is 9.78 Å². The number of halogens is 1. The summed E-state index contributed by atoms with van der Waals surface area (Å²) in [5.74, 6) is 0. The number of hydrogen-bond acceptors (Lipinski definition) is 1. The molecule has 1 aromatic heterocycles. The number of nitrogens with one attached hydrogen (secondary N) is 1. The van der Waals surface area contributed by atoms with Crippen molar-refractivity contribution in [3.8, 4) is 0 Å². The summed E-state index contributed by atoms with van der Waals surface area (Å²) >= 11 is 6.07. The molecule has 0 spiro atoms. The molecule has 2 rings (SSSR count). The highest BCUT2D eigenvalue weighted by atomic mass is 35.5. The average Bonchev–Trinajstić information content (AvgIpc) is 2.59. The van der Waals surface area contributed by atoms with Crippen molar-refractivity contribution in [3.63, 3.8) is 0 Å². The molecule has 1 fully saturated rings. The maximum atomic E-state index is 11.0. The van der Waals surface area contributed by atoms with E-state index in [1.165, 1.54) is 4.68 Å². The van der Waals surface area contributed by atoms with Crippen molar-refractivity contribution in [2.75, 3.05) is 0 Å². The van der Waals surface area contributed by atoms with E-state index in [9.17, 15) is 4.79 Å². The summed E-state index contributed by atoms with van der Waals surface area (Å²) in [6, 6.07) is 1.57. The molecule has 0 radical (unpaired) electrons. The molecule has 1 saturated carbocycles. The van der Waals surface area contributed by atoms with Gasteiger partial charge in [-0.15, -0.1) is 11.6 Å². The van der Waals surface area contributed by atoms with Crippen molar-refractivity contribution in [1.29, 1.82) is 0 Å². The zero-order valence-corrected chi connectivity index (χ0v) is 6.98. The van der Waals surface area contributed by atoms with Crippen LogP contribution in [0.4, 0.5) is 0 Å². The van der Waals surface area contributed by atoms with Crippen molar-refractivity contribution >= 4 is 11.6 Å². The van der Waals surface area contributed by atoms with Crippen molar-refractivity contribution < 1.29 is 0 Å². The van der Waals surface area contributed by atoms with Crippen molar-refractivity contribution in [2.45, 2.75) is 17.7 Å². The summed E-state index contributed by atoms with van der Waals surface area (Å²) in [5.41, 5.74) is 0.832. The Morgan fingerprint density at radius 2 is 2.36 bits per heavy atom. The summed E-state index contributed by atoms with van der Waals surface area (Å²) in [4.78, 5) is 10.7. The molecule has 1 aromatic rings. The molecule has 60 valence electrons. The Balaban J connectivity index is 2.47. The van der Waals surface area contributed by atoms with E-state index in [4.69, 9.17) is 11.6 Å². The fourth-order valence-electron chi connectivity index (χ4n) is 1.10. The summed E-state index contributed by atoms with van der Waals surface area (Å²) in [6.07, 6.45) is 1.93. The standard InChI is InChI=1S/C7H9ClN2O/c1-10-6(11)4-5(9-10)7(8)2-3-7/h4,9H,2-3H2,1H3. The summed E-state index contributed by atoms with van der Waals surface area (Å²) in [6.45, 7) is 0. The molecule has 1 heterocycles. The molecule has 4 heteroatoms. The summed E-state index contributed by atoms with van der Waals surface area (Å²) in [7, 11) is 1.69. The lowest BCUT2D eigenvalue weighted by Crippen LogP contribution is -2.09. The molecular formula is C7H9ClN2O. The number of hydrogen-bond donors (Lipinski definition) is 1. The Kier molecular flexibility index (Phi) is 1.21. The van der Waals surface area contributed by atoms with E-state index in [1.54, 1.807) is 13.1 Å². The van der Waals surface area contributed by atoms with E-state index in [0.29, 0.717) is 0 Å². The first-order valence-electron chi connectivity index (χ1n) is 3.57. The van der Waals surface area contributed by atoms with Crippen LogP contribution >= 0.6 is 11.6 Å². The molecule has 0 atom stereocenters. The molecule has 3 nitrogen and oxygen atoms in total. The van der Waals surface area contributed by atoms with E-state index in [1.807, 2.05) is 0 Å². The van der Waals surface area contributed by atoms with Gasteiger partial charge in [-0.1, -0.05) is 0 Å². The Morgan fingerprint density at radius 3 is 2.73 bits per heavy atom. The maximum absolute atomic E-state index is 11.0. The van der Waals surface area contributed by atoms with Crippen LogP contribution in [0.2, 0.25) is 0 Å². The highest BCUT2D eigenvalue weighted by Gasteiger charge is 2.44. The van der Waals surface area contributed by atoms with Gasteiger partial charge in [0.05, 0.1) is 10.6 Å². The number of aryl methyl sites for hydroxylation is 1. The quantitative estimate of drug-likeness (QED) is 0.630. The first-order valence-corrected chi connectivity index (χ1v) is 3.95. The molecule has 0 aliphatic heterocycles. The van der Waals surface area contributed by atoms with Crippen LogP contribution in [-0.2, 0) is 11.9 Å². The van der Waals surface area contributed by atoms with Crippen LogP contribution < -0.4 is 5.56 Å². The summed E-state index contributed by atoms with van der Waals surface area (Å²) < 4.78 is 1.44. The van der Waals surface area contributed by atoms with Crippen LogP contribution in [0.15, 0.2) is 10.9 Å². The van der Waals surface area contributed by atoms with Crippen LogP contribution in [-0.4, -0.2) is 9.78 Å². The van der Waals surface area contributed by atoms with Gasteiger partial charge < -0.3 is 0 Å². The zero-order chi connectivity index (χ0) is 8.06. The zero-order valence-electron chi connectivity index (χ0n) is 6.22. The van der Waals surface area contributed by atoms with Gasteiger partial charge >= 0.3 is 0 Å². The van der Waals surface area contributed by atoms with E-state index >= 15 is 0 Å². The molecule has 0 unspecified atom stereocenters. The monoisotopic (exact) mass is 172 g/mol. The second-order valence-electron chi connectivity index (χ2n) is 3.03. The molecule has 1 aliphatic carbocycles.